The predicted octanol–water partition coefficient (Wildman–Crippen LogP) is 4.68. The van der Waals surface area contributed by atoms with Gasteiger partial charge in [-0.1, -0.05) is 48.5 Å². The van der Waals surface area contributed by atoms with Crippen molar-refractivity contribution in [2.24, 2.45) is 5.92 Å². The van der Waals surface area contributed by atoms with Gasteiger partial charge in [-0.3, -0.25) is 0 Å². The van der Waals surface area contributed by atoms with Crippen molar-refractivity contribution in [1.29, 1.82) is 0 Å². The summed E-state index contributed by atoms with van der Waals surface area (Å²) in [6.45, 7) is 5.87. The molecule has 0 heterocycles. The summed E-state index contributed by atoms with van der Waals surface area (Å²) in [6, 6.07) is 16.4. The topological polar surface area (TPSA) is 84.5 Å². The van der Waals surface area contributed by atoms with Crippen LogP contribution in [0.3, 0.4) is 0 Å². The summed E-state index contributed by atoms with van der Waals surface area (Å²) in [5.41, 5.74) is 4.01. The van der Waals surface area contributed by atoms with Crippen LogP contribution in [-0.4, -0.2) is 31.9 Å². The molecule has 0 spiro atoms. The molecule has 34 heavy (non-hydrogen) atoms. The molecule has 0 aliphatic heterocycles. The smallest absolute Gasteiger partial charge is 0.407 e. The highest BCUT2D eigenvalue weighted by atomic mass is 32.2. The van der Waals surface area contributed by atoms with Crippen LogP contribution < -0.4 is 10.0 Å². The molecular weight excluding hydrogens is 448 g/mol. The van der Waals surface area contributed by atoms with Crippen molar-refractivity contribution in [1.82, 2.24) is 10.0 Å². The zero-order valence-corrected chi connectivity index (χ0v) is 21.2. The number of carbonyl (C=O) groups excluding carboxylic acids is 1. The predicted molar refractivity (Wildman–Crippen MR) is 134 cm³/mol. The van der Waals surface area contributed by atoms with Gasteiger partial charge in [0.05, 0.1) is 5.75 Å². The molecule has 0 radical (unpaired) electrons. The second-order valence-electron chi connectivity index (χ2n) is 10.7. The summed E-state index contributed by atoms with van der Waals surface area (Å²) in [4.78, 5) is 12.6. The van der Waals surface area contributed by atoms with E-state index in [0.29, 0.717) is 5.92 Å². The Labute approximate surface area is 203 Å². The quantitative estimate of drug-likeness (QED) is 0.570. The van der Waals surface area contributed by atoms with E-state index in [1.165, 1.54) is 16.7 Å². The molecule has 2 aromatic carbocycles. The number of nitrogens with one attached hydrogen (secondary N) is 2. The van der Waals surface area contributed by atoms with E-state index >= 15 is 0 Å². The summed E-state index contributed by atoms with van der Waals surface area (Å²) in [6.07, 6.45) is 4.08. The number of rotatable bonds is 8. The van der Waals surface area contributed by atoms with Crippen molar-refractivity contribution in [3.05, 3.63) is 70.8 Å². The molecule has 2 atom stereocenters. The number of sulfonamides is 1. The van der Waals surface area contributed by atoms with Gasteiger partial charge in [0, 0.05) is 18.5 Å². The lowest BCUT2D eigenvalue weighted by molar-refractivity contribution is 0.0491. The van der Waals surface area contributed by atoms with E-state index in [-0.39, 0.29) is 24.3 Å². The zero-order chi connectivity index (χ0) is 24.3. The number of hydrogen-bond donors (Lipinski definition) is 2. The molecule has 7 heteroatoms. The average molecular weight is 485 g/mol. The molecule has 1 saturated carbocycles. The molecule has 1 amide bonds. The van der Waals surface area contributed by atoms with Crippen LogP contribution in [0.25, 0.3) is 0 Å². The highest BCUT2D eigenvalue weighted by Crippen LogP contribution is 2.36. The van der Waals surface area contributed by atoms with E-state index in [0.717, 1.165) is 37.7 Å². The van der Waals surface area contributed by atoms with Crippen molar-refractivity contribution in [2.45, 2.75) is 77.0 Å². The Morgan fingerprint density at radius 1 is 1.03 bits per heavy atom. The molecule has 6 nitrogen and oxygen atoms in total. The molecule has 2 unspecified atom stereocenters. The Morgan fingerprint density at radius 3 is 2.44 bits per heavy atom. The lowest BCUT2D eigenvalue weighted by Crippen LogP contribution is -2.44. The van der Waals surface area contributed by atoms with Crippen LogP contribution in [0.2, 0.25) is 0 Å². The van der Waals surface area contributed by atoms with Gasteiger partial charge in [0.25, 0.3) is 0 Å². The van der Waals surface area contributed by atoms with Crippen LogP contribution in [0.15, 0.2) is 48.5 Å². The Hall–Kier alpha value is -2.38. The van der Waals surface area contributed by atoms with Crippen molar-refractivity contribution < 1.29 is 17.9 Å². The molecule has 2 aliphatic carbocycles. The fraction of sp³-hybridized carbons (Fsp3) is 0.519. The normalized spacial score (nSPS) is 20.4. The van der Waals surface area contributed by atoms with E-state index < -0.39 is 21.7 Å². The minimum absolute atomic E-state index is 0.0654. The second kappa shape index (κ2) is 10.1. The first-order valence-electron chi connectivity index (χ1n) is 12.2. The van der Waals surface area contributed by atoms with Crippen LogP contribution in [0.5, 0.6) is 0 Å². The van der Waals surface area contributed by atoms with Crippen molar-refractivity contribution >= 4 is 16.1 Å². The van der Waals surface area contributed by atoms with Gasteiger partial charge in [0.15, 0.2) is 0 Å². The van der Waals surface area contributed by atoms with Gasteiger partial charge in [0.2, 0.25) is 10.0 Å². The van der Waals surface area contributed by atoms with E-state index in [2.05, 4.69) is 34.3 Å². The Bertz CT molecular complexity index is 1110. The van der Waals surface area contributed by atoms with Crippen molar-refractivity contribution in [3.63, 3.8) is 0 Å². The fourth-order valence-corrected chi connectivity index (χ4v) is 6.11. The molecule has 0 aromatic heterocycles. The van der Waals surface area contributed by atoms with Crippen LogP contribution in [0, 0.1) is 5.92 Å². The number of carbonyl (C=O) groups is 1. The van der Waals surface area contributed by atoms with Gasteiger partial charge >= 0.3 is 6.09 Å². The third kappa shape index (κ3) is 7.06. The molecular formula is C27H36N2O4S. The Morgan fingerprint density at radius 2 is 1.76 bits per heavy atom. The van der Waals surface area contributed by atoms with Gasteiger partial charge in [-0.15, -0.1) is 0 Å². The summed E-state index contributed by atoms with van der Waals surface area (Å²) in [5.74, 6) is 0.605. The maximum atomic E-state index is 12.6. The monoisotopic (exact) mass is 484 g/mol. The highest BCUT2D eigenvalue weighted by Gasteiger charge is 2.32. The number of fused-ring (bicyclic) bond motifs is 1. The lowest BCUT2D eigenvalue weighted by Gasteiger charge is -2.35. The number of aryl methyl sites for hydroxylation is 1. The molecule has 2 aliphatic rings. The van der Waals surface area contributed by atoms with Crippen LogP contribution in [-0.2, 0) is 34.1 Å². The molecule has 0 bridgehead atoms. The minimum atomic E-state index is -3.27. The average Bonchev–Trinajstić information content (AvgIpc) is 3.56. The van der Waals surface area contributed by atoms with Crippen LogP contribution in [0.1, 0.15) is 68.2 Å². The maximum absolute atomic E-state index is 12.6. The van der Waals surface area contributed by atoms with Crippen LogP contribution in [0.4, 0.5) is 4.79 Å². The lowest BCUT2D eigenvalue weighted by atomic mass is 9.75. The first kappa shape index (κ1) is 24.7. The van der Waals surface area contributed by atoms with Crippen LogP contribution >= 0.6 is 0 Å². The van der Waals surface area contributed by atoms with E-state index in [4.69, 9.17) is 4.74 Å². The third-order valence-electron chi connectivity index (χ3n) is 6.47. The largest absolute Gasteiger partial charge is 0.444 e. The number of ether oxygens (including phenoxy) is 1. The standard InChI is InChI=1S/C27H36N2O4S/c1-27(2,3)33-26(30)29-25-14-13-22-12-11-21(17-28-34(31,32)18-20-9-10-20)16-23(22)24(25)15-19-7-5-4-6-8-19/h4-8,11-12,16,20,24-25,28H,9-10,13-15,17-18H2,1-3H3,(H,29,30). The number of amides is 1. The minimum Gasteiger partial charge on any atom is -0.444 e. The van der Waals surface area contributed by atoms with Gasteiger partial charge in [-0.2, -0.15) is 0 Å². The second-order valence-corrected chi connectivity index (χ2v) is 12.5. The Kier molecular flexibility index (Phi) is 7.33. The highest BCUT2D eigenvalue weighted by molar-refractivity contribution is 7.89. The van der Waals surface area contributed by atoms with Gasteiger partial charge < -0.3 is 10.1 Å². The summed E-state index contributed by atoms with van der Waals surface area (Å²) in [5, 5.41) is 3.12. The summed E-state index contributed by atoms with van der Waals surface area (Å²) < 4.78 is 33.0. The van der Waals surface area contributed by atoms with Gasteiger partial charge in [-0.25, -0.2) is 17.9 Å². The first-order chi connectivity index (χ1) is 16.1. The van der Waals surface area contributed by atoms with E-state index in [1.54, 1.807) is 0 Å². The number of hydrogen-bond acceptors (Lipinski definition) is 4. The number of benzene rings is 2. The molecule has 0 saturated heterocycles. The first-order valence-corrected chi connectivity index (χ1v) is 13.9. The van der Waals surface area contributed by atoms with Gasteiger partial charge in [-0.05, 0) is 81.0 Å². The molecule has 1 fully saturated rings. The fourth-order valence-electron chi connectivity index (χ4n) is 4.66. The van der Waals surface area contributed by atoms with E-state index in [1.807, 2.05) is 45.0 Å². The summed E-state index contributed by atoms with van der Waals surface area (Å²) in [7, 11) is -3.27. The third-order valence-corrected chi connectivity index (χ3v) is 7.96. The van der Waals surface area contributed by atoms with Gasteiger partial charge in [0.1, 0.15) is 5.60 Å². The number of alkyl carbamates (subject to hydrolysis) is 1. The Balaban J connectivity index is 1.55. The van der Waals surface area contributed by atoms with Crippen molar-refractivity contribution in [2.75, 3.05) is 5.75 Å². The SMILES string of the molecule is CC(C)(C)OC(=O)NC1CCc2ccc(CNS(=O)(=O)CC3CC3)cc2C1Cc1ccccc1. The van der Waals surface area contributed by atoms with E-state index in [9.17, 15) is 13.2 Å². The molecule has 184 valence electrons. The molecule has 2 N–H and O–H groups in total. The van der Waals surface area contributed by atoms with Crippen molar-refractivity contribution in [3.8, 4) is 0 Å². The molecule has 4 rings (SSSR count). The molecule has 2 aromatic rings. The maximum Gasteiger partial charge on any atom is 0.407 e. The zero-order valence-electron chi connectivity index (χ0n) is 20.3. The summed E-state index contributed by atoms with van der Waals surface area (Å²) >= 11 is 0.